The number of nitrogens with one attached hydrogen (secondary N) is 1. The van der Waals surface area contributed by atoms with E-state index >= 15 is 0 Å². The van der Waals surface area contributed by atoms with E-state index in [2.05, 4.69) is 9.62 Å². The summed E-state index contributed by atoms with van der Waals surface area (Å²) < 4.78 is 37.9. The van der Waals surface area contributed by atoms with Crippen LogP contribution in [-0.4, -0.2) is 63.6 Å². The molecule has 1 N–H and O–H groups in total. The fourth-order valence-corrected chi connectivity index (χ4v) is 4.50. The van der Waals surface area contributed by atoms with E-state index in [1.807, 2.05) is 25.1 Å². The van der Waals surface area contributed by atoms with Gasteiger partial charge in [-0.15, -0.1) is 0 Å². The van der Waals surface area contributed by atoms with Gasteiger partial charge in [0.1, 0.15) is 0 Å². The summed E-state index contributed by atoms with van der Waals surface area (Å²) in [6.07, 6.45) is 0. The van der Waals surface area contributed by atoms with Crippen LogP contribution in [0.1, 0.15) is 11.1 Å². The number of hydrogen-bond acceptors (Lipinski definition) is 6. The molecule has 160 valence electrons. The number of aryl methyl sites for hydroxylation is 1. The molecule has 0 saturated carbocycles. The van der Waals surface area contributed by atoms with Crippen LogP contribution in [0.3, 0.4) is 0 Å². The maximum absolute atomic E-state index is 12.5. The van der Waals surface area contributed by atoms with Crippen molar-refractivity contribution in [3.05, 3.63) is 53.6 Å². The van der Waals surface area contributed by atoms with Crippen molar-refractivity contribution in [2.24, 2.45) is 0 Å². The van der Waals surface area contributed by atoms with Crippen molar-refractivity contribution in [3.63, 3.8) is 0 Å². The molecule has 8 nitrogen and oxygen atoms in total. The molecular weight excluding hydrogens is 406 g/mol. The first-order valence-corrected chi connectivity index (χ1v) is 11.3. The molecule has 1 saturated heterocycles. The predicted molar refractivity (Wildman–Crippen MR) is 111 cm³/mol. The summed E-state index contributed by atoms with van der Waals surface area (Å²) in [6, 6.07) is 12.5. The third kappa shape index (κ3) is 4.75. The molecule has 2 aromatic carbocycles. The average Bonchev–Trinajstić information content (AvgIpc) is 3.21. The molecule has 1 fully saturated rings. The Bertz CT molecular complexity index is 1020. The third-order valence-corrected chi connectivity index (χ3v) is 6.73. The summed E-state index contributed by atoms with van der Waals surface area (Å²) in [4.78, 5) is 16.6. The van der Waals surface area contributed by atoms with Crippen molar-refractivity contribution < 1.29 is 22.7 Å². The smallest absolute Gasteiger partial charge is 0.241 e. The van der Waals surface area contributed by atoms with E-state index in [1.165, 1.54) is 12.1 Å². The van der Waals surface area contributed by atoms with Crippen LogP contribution in [0, 0.1) is 6.92 Å². The van der Waals surface area contributed by atoms with E-state index in [0.29, 0.717) is 13.1 Å². The maximum atomic E-state index is 12.5. The summed E-state index contributed by atoms with van der Waals surface area (Å²) in [5.41, 5.74) is 2.11. The van der Waals surface area contributed by atoms with Crippen molar-refractivity contribution in [2.75, 3.05) is 39.5 Å². The summed E-state index contributed by atoms with van der Waals surface area (Å²) in [7, 11) is -3.70. The first-order valence-electron chi connectivity index (χ1n) is 9.86. The summed E-state index contributed by atoms with van der Waals surface area (Å²) >= 11 is 0. The lowest BCUT2D eigenvalue weighted by molar-refractivity contribution is -0.131. The Balaban J connectivity index is 1.25. The van der Waals surface area contributed by atoms with Crippen LogP contribution in [0.25, 0.3) is 0 Å². The molecule has 0 aliphatic carbocycles. The molecule has 30 heavy (non-hydrogen) atoms. The minimum absolute atomic E-state index is 0.162. The second-order valence-electron chi connectivity index (χ2n) is 7.48. The van der Waals surface area contributed by atoms with Crippen LogP contribution < -0.4 is 14.2 Å². The molecule has 0 spiro atoms. The van der Waals surface area contributed by atoms with Gasteiger partial charge in [0.15, 0.2) is 11.5 Å². The van der Waals surface area contributed by atoms with Gasteiger partial charge in [0.05, 0.1) is 11.4 Å². The number of sulfonamides is 1. The van der Waals surface area contributed by atoms with E-state index in [1.54, 1.807) is 17.0 Å². The lowest BCUT2D eigenvalue weighted by atomic mass is 10.1. The summed E-state index contributed by atoms with van der Waals surface area (Å²) in [6.45, 7) is 5.25. The highest BCUT2D eigenvalue weighted by atomic mass is 32.2. The fraction of sp³-hybridized carbons (Fsp3) is 0.381. The van der Waals surface area contributed by atoms with Crippen LogP contribution in [0.5, 0.6) is 11.5 Å². The zero-order chi connectivity index (χ0) is 21.1. The second-order valence-corrected chi connectivity index (χ2v) is 9.25. The van der Waals surface area contributed by atoms with Gasteiger partial charge in [-0.25, -0.2) is 13.1 Å². The largest absolute Gasteiger partial charge is 0.454 e. The number of hydrogen-bond donors (Lipinski definition) is 1. The van der Waals surface area contributed by atoms with Crippen LogP contribution >= 0.6 is 0 Å². The van der Waals surface area contributed by atoms with Crippen molar-refractivity contribution in [3.8, 4) is 11.5 Å². The van der Waals surface area contributed by atoms with Crippen LogP contribution in [0.2, 0.25) is 0 Å². The van der Waals surface area contributed by atoms with Gasteiger partial charge < -0.3 is 14.4 Å². The fourth-order valence-electron chi connectivity index (χ4n) is 3.52. The lowest BCUT2D eigenvalue weighted by Crippen LogP contribution is -2.50. The molecule has 0 atom stereocenters. The van der Waals surface area contributed by atoms with Crippen LogP contribution in [0.15, 0.2) is 47.4 Å². The standard InChI is InChI=1S/C21H25N3O5S/c1-16-2-5-18(6-3-16)30(26,27)22-13-21(25)24-10-8-23(9-11-24)14-17-4-7-19-20(12-17)29-15-28-19/h2-7,12,22H,8-11,13-15H2,1H3. The van der Waals surface area contributed by atoms with E-state index < -0.39 is 10.0 Å². The number of carbonyl (C=O) groups is 1. The highest BCUT2D eigenvalue weighted by Crippen LogP contribution is 2.32. The molecule has 2 aliphatic heterocycles. The molecule has 0 aromatic heterocycles. The topological polar surface area (TPSA) is 88.2 Å². The molecule has 9 heteroatoms. The summed E-state index contributed by atoms with van der Waals surface area (Å²) in [5.74, 6) is 1.32. The number of rotatable bonds is 6. The molecule has 2 aromatic rings. The number of fused-ring (bicyclic) bond motifs is 1. The van der Waals surface area contributed by atoms with Crippen molar-refractivity contribution in [1.29, 1.82) is 0 Å². The monoisotopic (exact) mass is 431 g/mol. The molecule has 0 bridgehead atoms. The number of piperazine rings is 1. The van der Waals surface area contributed by atoms with E-state index in [-0.39, 0.29) is 24.1 Å². The number of amides is 1. The zero-order valence-electron chi connectivity index (χ0n) is 16.8. The average molecular weight is 432 g/mol. The first kappa shape index (κ1) is 20.6. The Morgan fingerprint density at radius 1 is 1.00 bits per heavy atom. The van der Waals surface area contributed by atoms with Gasteiger partial charge in [-0.1, -0.05) is 23.8 Å². The van der Waals surface area contributed by atoms with Gasteiger partial charge in [0, 0.05) is 32.7 Å². The minimum atomic E-state index is -3.70. The zero-order valence-corrected chi connectivity index (χ0v) is 17.7. The third-order valence-electron chi connectivity index (χ3n) is 5.31. The first-order chi connectivity index (χ1) is 14.4. The molecule has 4 rings (SSSR count). The van der Waals surface area contributed by atoms with Gasteiger partial charge in [0.2, 0.25) is 22.7 Å². The van der Waals surface area contributed by atoms with Gasteiger partial charge in [0.25, 0.3) is 0 Å². The number of benzene rings is 2. The van der Waals surface area contributed by atoms with Gasteiger partial charge in [-0.2, -0.15) is 0 Å². The second kappa shape index (κ2) is 8.63. The Labute approximate surface area is 176 Å². The molecule has 2 heterocycles. The van der Waals surface area contributed by atoms with Crippen molar-refractivity contribution >= 4 is 15.9 Å². The minimum Gasteiger partial charge on any atom is -0.454 e. The van der Waals surface area contributed by atoms with Crippen LogP contribution in [0.4, 0.5) is 0 Å². The Kier molecular flexibility index (Phi) is 5.94. The molecule has 1 amide bonds. The van der Waals surface area contributed by atoms with Crippen molar-refractivity contribution in [2.45, 2.75) is 18.4 Å². The quantitative estimate of drug-likeness (QED) is 0.743. The highest BCUT2D eigenvalue weighted by Gasteiger charge is 2.23. The number of carbonyl (C=O) groups excluding carboxylic acids is 1. The molecule has 0 radical (unpaired) electrons. The predicted octanol–water partition coefficient (Wildman–Crippen LogP) is 1.35. The summed E-state index contributed by atoms with van der Waals surface area (Å²) in [5, 5.41) is 0. The SMILES string of the molecule is Cc1ccc(S(=O)(=O)NCC(=O)N2CCN(Cc3ccc4c(c3)OCO4)CC2)cc1. The molecule has 2 aliphatic rings. The Hall–Kier alpha value is -2.62. The van der Waals surface area contributed by atoms with E-state index in [4.69, 9.17) is 9.47 Å². The van der Waals surface area contributed by atoms with Gasteiger partial charge in [-0.05, 0) is 36.8 Å². The van der Waals surface area contributed by atoms with Crippen LogP contribution in [-0.2, 0) is 21.4 Å². The van der Waals surface area contributed by atoms with Crippen molar-refractivity contribution in [1.82, 2.24) is 14.5 Å². The number of nitrogens with zero attached hydrogens (tertiary/aromatic N) is 2. The van der Waals surface area contributed by atoms with E-state index in [9.17, 15) is 13.2 Å². The van der Waals surface area contributed by atoms with E-state index in [0.717, 1.165) is 42.3 Å². The lowest BCUT2D eigenvalue weighted by Gasteiger charge is -2.34. The molecule has 0 unspecified atom stereocenters. The number of ether oxygens (including phenoxy) is 2. The molecular formula is C21H25N3O5S. The normalized spacial score (nSPS) is 16.6. The highest BCUT2D eigenvalue weighted by molar-refractivity contribution is 7.89. The Morgan fingerprint density at radius 3 is 2.43 bits per heavy atom. The maximum Gasteiger partial charge on any atom is 0.241 e. The van der Waals surface area contributed by atoms with Gasteiger partial charge in [-0.3, -0.25) is 9.69 Å². The Morgan fingerprint density at radius 2 is 1.70 bits per heavy atom. The van der Waals surface area contributed by atoms with Gasteiger partial charge >= 0.3 is 0 Å².